The molecule has 2 rings (SSSR count). The molecule has 1 fully saturated rings. The lowest BCUT2D eigenvalue weighted by atomic mass is 9.71. The monoisotopic (exact) mass is 332 g/mol. The third-order valence-corrected chi connectivity index (χ3v) is 4.77. The van der Waals surface area contributed by atoms with Crippen molar-refractivity contribution in [2.45, 2.75) is 33.6 Å². The summed E-state index contributed by atoms with van der Waals surface area (Å²) in [5.74, 6) is -0.0928. The highest BCUT2D eigenvalue weighted by Gasteiger charge is 2.50. The number of hydrazone groups is 1. The van der Waals surface area contributed by atoms with E-state index in [1.165, 1.54) is 18.2 Å². The van der Waals surface area contributed by atoms with Crippen molar-refractivity contribution in [3.63, 3.8) is 0 Å². The van der Waals surface area contributed by atoms with Crippen molar-refractivity contribution < 1.29 is 19.4 Å². The predicted octanol–water partition coefficient (Wildman–Crippen LogP) is 2.59. The molecule has 6 heteroatoms. The summed E-state index contributed by atoms with van der Waals surface area (Å²) in [6, 6.07) is 4.82. The molecule has 1 aliphatic heterocycles. The van der Waals surface area contributed by atoms with Crippen LogP contribution in [-0.2, 0) is 9.59 Å². The van der Waals surface area contributed by atoms with Crippen molar-refractivity contribution in [3.05, 3.63) is 23.8 Å². The molecule has 1 unspecified atom stereocenters. The second kappa shape index (κ2) is 7.03. The van der Waals surface area contributed by atoms with Crippen LogP contribution in [0.25, 0.3) is 0 Å². The fourth-order valence-corrected chi connectivity index (χ4v) is 3.16. The van der Waals surface area contributed by atoms with E-state index in [0.29, 0.717) is 24.2 Å². The average Bonchev–Trinajstić information content (AvgIpc) is 2.59. The van der Waals surface area contributed by atoms with E-state index in [2.05, 4.69) is 5.10 Å². The molecule has 1 N–H and O–H groups in total. The highest BCUT2D eigenvalue weighted by molar-refractivity contribution is 6.09. The summed E-state index contributed by atoms with van der Waals surface area (Å²) in [5.41, 5.74) is -0.276. The van der Waals surface area contributed by atoms with Gasteiger partial charge in [0.15, 0.2) is 17.3 Å². The van der Waals surface area contributed by atoms with Gasteiger partial charge in [-0.1, -0.05) is 20.8 Å². The first-order valence-electron chi connectivity index (χ1n) is 8.16. The summed E-state index contributed by atoms with van der Waals surface area (Å²) < 4.78 is 5.06. The minimum Gasteiger partial charge on any atom is -0.504 e. The molecule has 0 saturated carbocycles. The molecule has 6 nitrogen and oxygen atoms in total. The Balaban J connectivity index is 2.28. The van der Waals surface area contributed by atoms with Crippen molar-refractivity contribution in [1.29, 1.82) is 0 Å². The molecule has 1 aromatic carbocycles. The van der Waals surface area contributed by atoms with Crippen LogP contribution in [0.15, 0.2) is 23.3 Å². The molecule has 130 valence electrons. The van der Waals surface area contributed by atoms with E-state index in [4.69, 9.17) is 4.74 Å². The van der Waals surface area contributed by atoms with Gasteiger partial charge in [-0.05, 0) is 36.6 Å². The number of benzene rings is 1. The van der Waals surface area contributed by atoms with E-state index in [0.717, 1.165) is 0 Å². The zero-order valence-electron chi connectivity index (χ0n) is 14.6. The number of carbonyl (C=O) groups excluding carboxylic acids is 2. The van der Waals surface area contributed by atoms with Crippen LogP contribution in [0.4, 0.5) is 0 Å². The number of phenolic OH excluding ortho intramolecular Hbond substituents is 1. The molecule has 0 aromatic heterocycles. The number of ketones is 1. The molecule has 0 bridgehead atoms. The lowest BCUT2D eigenvalue weighted by Gasteiger charge is -2.40. The fraction of sp³-hybridized carbons (Fsp3) is 0.500. The van der Waals surface area contributed by atoms with E-state index in [1.807, 2.05) is 20.8 Å². The number of piperidine rings is 1. The van der Waals surface area contributed by atoms with Gasteiger partial charge in [0.25, 0.3) is 5.91 Å². The highest BCUT2D eigenvalue weighted by atomic mass is 16.5. The van der Waals surface area contributed by atoms with Gasteiger partial charge >= 0.3 is 0 Å². The third kappa shape index (κ3) is 3.00. The van der Waals surface area contributed by atoms with Crippen LogP contribution < -0.4 is 4.74 Å². The molecular weight excluding hydrogens is 308 g/mol. The number of aromatic hydroxyl groups is 1. The normalized spacial score (nSPS) is 20.7. The second-order valence-electron chi connectivity index (χ2n) is 6.12. The van der Waals surface area contributed by atoms with Gasteiger partial charge in [0.1, 0.15) is 5.41 Å². The predicted molar refractivity (Wildman–Crippen MR) is 91.2 cm³/mol. The first kappa shape index (κ1) is 18.0. The molecule has 0 radical (unpaired) electrons. The zero-order valence-corrected chi connectivity index (χ0v) is 14.6. The van der Waals surface area contributed by atoms with Gasteiger partial charge in [-0.3, -0.25) is 9.59 Å². The largest absolute Gasteiger partial charge is 0.504 e. The Hall–Kier alpha value is -2.37. The van der Waals surface area contributed by atoms with Crippen LogP contribution in [0.5, 0.6) is 11.5 Å². The van der Waals surface area contributed by atoms with Crippen LogP contribution in [0.2, 0.25) is 0 Å². The van der Waals surface area contributed by atoms with Crippen LogP contribution in [0, 0.1) is 11.3 Å². The SMILES string of the molecule is CCC1(CC)C(=O)C(C)CN(/N=C/c2ccc(O)c(OC)c2)C1=O. The maximum atomic E-state index is 12.8. The number of ether oxygens (including phenoxy) is 1. The van der Waals surface area contributed by atoms with E-state index >= 15 is 0 Å². The minimum atomic E-state index is -0.971. The minimum absolute atomic E-state index is 0.00949. The first-order chi connectivity index (χ1) is 11.4. The molecular formula is C18H24N2O4. The number of hydrogen-bond acceptors (Lipinski definition) is 5. The Kier molecular flexibility index (Phi) is 5.26. The topological polar surface area (TPSA) is 79.2 Å². The molecule has 1 saturated heterocycles. The number of hydrogen-bond donors (Lipinski definition) is 1. The standard InChI is InChI=1S/C18H24N2O4/c1-5-18(6-2)16(22)12(3)11-20(17(18)23)19-10-13-7-8-14(21)15(9-13)24-4/h7-10,12,21H,5-6,11H2,1-4H3/b19-10+. The number of nitrogens with zero attached hydrogens (tertiary/aromatic N) is 2. The molecule has 0 spiro atoms. The Labute approximate surface area is 142 Å². The summed E-state index contributed by atoms with van der Waals surface area (Å²) in [6.45, 7) is 5.85. The Bertz CT molecular complexity index is 665. The number of Topliss-reactive ketones (excluding diaryl/α,β-unsaturated/α-hetero) is 1. The lowest BCUT2D eigenvalue weighted by Crippen LogP contribution is -2.55. The Morgan fingerprint density at radius 3 is 2.62 bits per heavy atom. The Morgan fingerprint density at radius 1 is 1.38 bits per heavy atom. The van der Waals surface area contributed by atoms with Gasteiger partial charge in [-0.25, -0.2) is 5.01 Å². The van der Waals surface area contributed by atoms with Gasteiger partial charge in [-0.15, -0.1) is 0 Å². The van der Waals surface area contributed by atoms with Gasteiger partial charge in [0, 0.05) is 5.92 Å². The van der Waals surface area contributed by atoms with E-state index < -0.39 is 5.41 Å². The summed E-state index contributed by atoms with van der Waals surface area (Å²) in [6.07, 6.45) is 2.49. The van der Waals surface area contributed by atoms with Crippen molar-refractivity contribution in [2.24, 2.45) is 16.4 Å². The van der Waals surface area contributed by atoms with Gasteiger partial charge in [0.05, 0.1) is 19.9 Å². The molecule has 1 heterocycles. The average molecular weight is 332 g/mol. The van der Waals surface area contributed by atoms with Crippen molar-refractivity contribution in [1.82, 2.24) is 5.01 Å². The second-order valence-corrected chi connectivity index (χ2v) is 6.12. The third-order valence-electron chi connectivity index (χ3n) is 4.77. The van der Waals surface area contributed by atoms with Crippen molar-refractivity contribution in [3.8, 4) is 11.5 Å². The van der Waals surface area contributed by atoms with Crippen LogP contribution in [-0.4, -0.2) is 41.7 Å². The fourth-order valence-electron chi connectivity index (χ4n) is 3.16. The van der Waals surface area contributed by atoms with Crippen LogP contribution >= 0.6 is 0 Å². The molecule has 0 aliphatic carbocycles. The number of carbonyl (C=O) groups is 2. The molecule has 1 aliphatic rings. The van der Waals surface area contributed by atoms with E-state index in [1.54, 1.807) is 18.3 Å². The van der Waals surface area contributed by atoms with Crippen LogP contribution in [0.3, 0.4) is 0 Å². The molecule has 1 aromatic rings. The van der Waals surface area contributed by atoms with E-state index in [9.17, 15) is 14.7 Å². The van der Waals surface area contributed by atoms with Crippen molar-refractivity contribution in [2.75, 3.05) is 13.7 Å². The quantitative estimate of drug-likeness (QED) is 0.664. The number of methoxy groups -OCH3 is 1. The maximum absolute atomic E-state index is 12.8. The van der Waals surface area contributed by atoms with E-state index in [-0.39, 0.29) is 29.9 Å². The van der Waals surface area contributed by atoms with Crippen LogP contribution in [0.1, 0.15) is 39.2 Å². The number of phenols is 1. The summed E-state index contributed by atoms with van der Waals surface area (Å²) >= 11 is 0. The maximum Gasteiger partial charge on any atom is 0.256 e. The first-order valence-corrected chi connectivity index (χ1v) is 8.16. The van der Waals surface area contributed by atoms with Gasteiger partial charge in [-0.2, -0.15) is 5.10 Å². The molecule has 1 amide bonds. The molecule has 1 atom stereocenters. The van der Waals surface area contributed by atoms with Crippen molar-refractivity contribution >= 4 is 17.9 Å². The lowest BCUT2D eigenvalue weighted by molar-refractivity contribution is -0.158. The Morgan fingerprint density at radius 2 is 2.04 bits per heavy atom. The van der Waals surface area contributed by atoms with Gasteiger partial charge < -0.3 is 9.84 Å². The number of amides is 1. The zero-order chi connectivity index (χ0) is 17.9. The smallest absolute Gasteiger partial charge is 0.256 e. The molecule has 24 heavy (non-hydrogen) atoms. The summed E-state index contributed by atoms with van der Waals surface area (Å²) in [7, 11) is 1.47. The number of rotatable bonds is 5. The van der Waals surface area contributed by atoms with Gasteiger partial charge in [0.2, 0.25) is 0 Å². The highest BCUT2D eigenvalue weighted by Crippen LogP contribution is 2.37. The summed E-state index contributed by atoms with van der Waals surface area (Å²) in [4.78, 5) is 25.3. The summed E-state index contributed by atoms with van der Waals surface area (Å²) in [5, 5.41) is 15.3.